The summed E-state index contributed by atoms with van der Waals surface area (Å²) in [6.07, 6.45) is 0.484. The first-order valence-corrected chi connectivity index (χ1v) is 8.05. The van der Waals surface area contributed by atoms with E-state index in [4.69, 9.17) is 5.73 Å². The summed E-state index contributed by atoms with van der Waals surface area (Å²) in [5, 5.41) is 10.6. The van der Waals surface area contributed by atoms with Gasteiger partial charge in [0.05, 0.1) is 11.8 Å². The molecule has 112 valence electrons. The van der Waals surface area contributed by atoms with E-state index < -0.39 is 0 Å². The summed E-state index contributed by atoms with van der Waals surface area (Å²) >= 11 is 1.46. The molecule has 3 rings (SSSR count). The van der Waals surface area contributed by atoms with Gasteiger partial charge in [0.25, 0.3) is 5.91 Å². The number of aryl methyl sites for hydroxylation is 1. The van der Waals surface area contributed by atoms with Crippen molar-refractivity contribution in [3.63, 3.8) is 0 Å². The molecule has 2 aromatic rings. The zero-order valence-corrected chi connectivity index (χ0v) is 13.1. The number of thiophene rings is 1. The fourth-order valence-corrected chi connectivity index (χ4v) is 3.97. The number of carbonyl (C=O) groups excluding carboxylic acids is 1. The zero-order chi connectivity index (χ0) is 15.1. The Morgan fingerprint density at radius 2 is 2.29 bits per heavy atom. The van der Waals surface area contributed by atoms with Gasteiger partial charge >= 0.3 is 0 Å². The molecule has 1 amide bonds. The first kappa shape index (κ1) is 14.4. The predicted octanol–water partition coefficient (Wildman–Crippen LogP) is 2.63. The Balaban J connectivity index is 1.90. The molecule has 3 N–H and O–H groups in total. The smallest absolute Gasteiger partial charge is 0.266 e. The summed E-state index contributed by atoms with van der Waals surface area (Å²) in [4.78, 5) is 15.1. The van der Waals surface area contributed by atoms with Crippen molar-refractivity contribution in [1.29, 1.82) is 0 Å². The van der Waals surface area contributed by atoms with Crippen LogP contribution in [0.5, 0.6) is 0 Å². The number of aliphatic hydroxyl groups excluding tert-OH is 1. The van der Waals surface area contributed by atoms with Crippen molar-refractivity contribution < 1.29 is 9.90 Å². The van der Waals surface area contributed by atoms with Crippen molar-refractivity contribution in [3.05, 3.63) is 28.6 Å². The number of hydrogen-bond donors (Lipinski definition) is 2. The van der Waals surface area contributed by atoms with E-state index in [-0.39, 0.29) is 17.9 Å². The van der Waals surface area contributed by atoms with Crippen LogP contribution in [0.25, 0.3) is 10.1 Å². The van der Waals surface area contributed by atoms with Gasteiger partial charge in [-0.15, -0.1) is 11.3 Å². The van der Waals surface area contributed by atoms with Crippen molar-refractivity contribution in [2.45, 2.75) is 26.4 Å². The molecule has 0 aliphatic carbocycles. The lowest BCUT2D eigenvalue weighted by Crippen LogP contribution is -2.30. The number of nitrogens with zero attached hydrogens (tertiary/aromatic N) is 1. The summed E-state index contributed by atoms with van der Waals surface area (Å²) in [6, 6.07) is 6.08. The number of rotatable bonds is 2. The average molecular weight is 304 g/mol. The number of hydrogen-bond acceptors (Lipinski definition) is 4. The average Bonchev–Trinajstić information content (AvgIpc) is 3.04. The highest BCUT2D eigenvalue weighted by molar-refractivity contribution is 7.21. The molecular weight excluding hydrogens is 284 g/mol. The van der Waals surface area contributed by atoms with Gasteiger partial charge in [0.1, 0.15) is 4.88 Å². The molecule has 2 unspecified atom stereocenters. The quantitative estimate of drug-likeness (QED) is 0.896. The standard InChI is InChI=1S/C16H20N2O2S/c1-9-3-4-13-12(7-9)14(17)15(21-13)16(20)18-6-5-11(8-18)10(2)19/h3-4,7,10-11,19H,5-6,8,17H2,1-2H3. The summed E-state index contributed by atoms with van der Waals surface area (Å²) in [5.74, 6) is 0.168. The maximum Gasteiger partial charge on any atom is 0.266 e. The van der Waals surface area contributed by atoms with Gasteiger partial charge in [-0.25, -0.2) is 0 Å². The largest absolute Gasteiger partial charge is 0.397 e. The molecule has 5 heteroatoms. The fourth-order valence-electron chi connectivity index (χ4n) is 2.90. The molecule has 2 heterocycles. The van der Waals surface area contributed by atoms with Gasteiger partial charge in [-0.05, 0) is 32.4 Å². The van der Waals surface area contributed by atoms with Crippen molar-refractivity contribution in [2.75, 3.05) is 18.8 Å². The number of amides is 1. The number of nitrogens with two attached hydrogens (primary N) is 1. The van der Waals surface area contributed by atoms with Gasteiger partial charge in [-0.1, -0.05) is 11.6 Å². The van der Waals surface area contributed by atoms with E-state index in [1.165, 1.54) is 11.3 Å². The number of nitrogen functional groups attached to an aromatic ring is 1. The Kier molecular flexibility index (Phi) is 3.63. The van der Waals surface area contributed by atoms with Crippen LogP contribution in [0, 0.1) is 12.8 Å². The van der Waals surface area contributed by atoms with Crippen LogP contribution in [0.1, 0.15) is 28.6 Å². The molecule has 1 aromatic heterocycles. The van der Waals surface area contributed by atoms with E-state index in [1.807, 2.05) is 30.0 Å². The molecule has 0 spiro atoms. The molecule has 1 saturated heterocycles. The van der Waals surface area contributed by atoms with E-state index in [2.05, 4.69) is 0 Å². The third kappa shape index (κ3) is 2.51. The third-order valence-corrected chi connectivity index (χ3v) is 5.44. The number of fused-ring (bicyclic) bond motifs is 1. The van der Waals surface area contributed by atoms with Crippen LogP contribution < -0.4 is 5.73 Å². The number of carbonyl (C=O) groups is 1. The van der Waals surface area contributed by atoms with E-state index in [0.29, 0.717) is 23.7 Å². The number of benzene rings is 1. The highest BCUT2D eigenvalue weighted by Gasteiger charge is 2.31. The van der Waals surface area contributed by atoms with Gasteiger partial charge in [0.15, 0.2) is 0 Å². The fraction of sp³-hybridized carbons (Fsp3) is 0.438. The summed E-state index contributed by atoms with van der Waals surface area (Å²) < 4.78 is 1.05. The van der Waals surface area contributed by atoms with Crippen LogP contribution in [0.2, 0.25) is 0 Å². The minimum atomic E-state index is -0.370. The van der Waals surface area contributed by atoms with E-state index in [0.717, 1.165) is 22.1 Å². The van der Waals surface area contributed by atoms with Crippen LogP contribution in [0.4, 0.5) is 5.69 Å². The molecule has 1 aliphatic heterocycles. The highest BCUT2D eigenvalue weighted by atomic mass is 32.1. The summed E-state index contributed by atoms with van der Waals surface area (Å²) in [6.45, 7) is 5.12. The first-order chi connectivity index (χ1) is 9.97. The molecular formula is C16H20N2O2S. The van der Waals surface area contributed by atoms with Gasteiger partial charge in [0, 0.05) is 29.1 Å². The van der Waals surface area contributed by atoms with Gasteiger partial charge in [-0.3, -0.25) is 4.79 Å². The van der Waals surface area contributed by atoms with Crippen LogP contribution in [-0.4, -0.2) is 35.1 Å². The minimum absolute atomic E-state index is 0.00509. The molecule has 21 heavy (non-hydrogen) atoms. The second kappa shape index (κ2) is 5.31. The van der Waals surface area contributed by atoms with Crippen LogP contribution in [0.15, 0.2) is 18.2 Å². The van der Waals surface area contributed by atoms with E-state index >= 15 is 0 Å². The van der Waals surface area contributed by atoms with Crippen molar-refractivity contribution in [2.24, 2.45) is 5.92 Å². The normalized spacial score (nSPS) is 20.1. The number of aliphatic hydroxyl groups is 1. The van der Waals surface area contributed by atoms with Gasteiger partial charge in [-0.2, -0.15) is 0 Å². The first-order valence-electron chi connectivity index (χ1n) is 7.23. The topological polar surface area (TPSA) is 66.6 Å². The lowest BCUT2D eigenvalue weighted by atomic mass is 10.0. The lowest BCUT2D eigenvalue weighted by Gasteiger charge is -2.17. The molecule has 1 fully saturated rings. The molecule has 0 radical (unpaired) electrons. The molecule has 2 atom stereocenters. The Morgan fingerprint density at radius 1 is 1.52 bits per heavy atom. The van der Waals surface area contributed by atoms with Gasteiger partial charge < -0.3 is 15.7 Å². The lowest BCUT2D eigenvalue weighted by molar-refractivity contribution is 0.0768. The van der Waals surface area contributed by atoms with Crippen molar-refractivity contribution >= 4 is 33.0 Å². The third-order valence-electron chi connectivity index (χ3n) is 4.27. The summed E-state index contributed by atoms with van der Waals surface area (Å²) in [5.41, 5.74) is 7.91. The minimum Gasteiger partial charge on any atom is -0.397 e. The van der Waals surface area contributed by atoms with Crippen molar-refractivity contribution in [3.8, 4) is 0 Å². The summed E-state index contributed by atoms with van der Waals surface area (Å²) in [7, 11) is 0. The van der Waals surface area contributed by atoms with E-state index in [1.54, 1.807) is 6.92 Å². The Hall–Kier alpha value is -1.59. The second-order valence-corrected chi connectivity index (χ2v) is 6.94. The van der Waals surface area contributed by atoms with Crippen LogP contribution >= 0.6 is 11.3 Å². The monoisotopic (exact) mass is 304 g/mol. The van der Waals surface area contributed by atoms with Gasteiger partial charge in [0.2, 0.25) is 0 Å². The zero-order valence-electron chi connectivity index (χ0n) is 12.3. The SMILES string of the molecule is Cc1ccc2sc(C(=O)N3CCC(C(C)O)C3)c(N)c2c1. The molecule has 0 saturated carbocycles. The molecule has 1 aliphatic rings. The second-order valence-electron chi connectivity index (χ2n) is 5.89. The maximum absolute atomic E-state index is 12.7. The Labute approximate surface area is 128 Å². The number of anilines is 1. The highest BCUT2D eigenvalue weighted by Crippen LogP contribution is 2.36. The molecule has 1 aromatic carbocycles. The van der Waals surface area contributed by atoms with E-state index in [9.17, 15) is 9.90 Å². The molecule has 0 bridgehead atoms. The predicted molar refractivity (Wildman–Crippen MR) is 86.7 cm³/mol. The van der Waals surface area contributed by atoms with Crippen LogP contribution in [0.3, 0.4) is 0 Å². The Morgan fingerprint density at radius 3 is 2.95 bits per heavy atom. The van der Waals surface area contributed by atoms with Crippen molar-refractivity contribution in [1.82, 2.24) is 4.90 Å². The molecule has 4 nitrogen and oxygen atoms in total. The van der Waals surface area contributed by atoms with Crippen LogP contribution in [-0.2, 0) is 0 Å². The Bertz CT molecular complexity index is 693. The number of likely N-dealkylation sites (tertiary alicyclic amines) is 1. The maximum atomic E-state index is 12.7.